The molecule has 0 bridgehead atoms. The Morgan fingerprint density at radius 1 is 1.00 bits per heavy atom. The minimum atomic E-state index is -0.708. The Morgan fingerprint density at radius 2 is 1.65 bits per heavy atom. The molecule has 1 unspecified atom stereocenters. The number of fused-ring (bicyclic) bond motifs is 1. The summed E-state index contributed by atoms with van der Waals surface area (Å²) in [5.41, 5.74) is 1.23. The molecule has 1 amide bonds. The number of nitrogens with zero attached hydrogens (tertiary/aromatic N) is 1. The molecule has 4 rings (SSSR count). The maximum absolute atomic E-state index is 13.1. The van der Waals surface area contributed by atoms with E-state index in [9.17, 15) is 9.90 Å². The predicted octanol–water partition coefficient (Wildman–Crippen LogP) is 4.07. The van der Waals surface area contributed by atoms with Gasteiger partial charge in [-0.2, -0.15) is 0 Å². The third-order valence-electron chi connectivity index (χ3n) is 6.24. The highest BCUT2D eigenvalue weighted by Gasteiger charge is 2.49. The quantitative estimate of drug-likeness (QED) is 0.907. The van der Waals surface area contributed by atoms with E-state index in [4.69, 9.17) is 0 Å². The number of carbonyl (C=O) groups excluding carboxylic acids is 1. The first kappa shape index (κ1) is 17.3. The van der Waals surface area contributed by atoms with E-state index < -0.39 is 5.60 Å². The van der Waals surface area contributed by atoms with Gasteiger partial charge in [-0.05, 0) is 37.0 Å². The Hall–Kier alpha value is -2.13. The smallest absolute Gasteiger partial charge is 0.254 e. The fraction of sp³-hybridized carbons (Fsp3) is 0.435. The van der Waals surface area contributed by atoms with Crippen LogP contribution in [-0.4, -0.2) is 34.1 Å². The van der Waals surface area contributed by atoms with Crippen LogP contribution in [0.2, 0.25) is 0 Å². The highest BCUT2D eigenvalue weighted by Crippen LogP contribution is 2.43. The van der Waals surface area contributed by atoms with E-state index in [0.717, 1.165) is 31.2 Å². The molecule has 1 aliphatic carbocycles. The molecule has 2 fully saturated rings. The molecule has 1 saturated heterocycles. The highest BCUT2D eigenvalue weighted by atomic mass is 16.3. The highest BCUT2D eigenvalue weighted by molar-refractivity contribution is 5.94. The third kappa shape index (κ3) is 3.28. The molecule has 2 aromatic rings. The Bertz CT molecular complexity index is 745. The van der Waals surface area contributed by atoms with Crippen molar-refractivity contribution < 1.29 is 9.90 Å². The van der Waals surface area contributed by atoms with E-state index in [0.29, 0.717) is 19.4 Å². The van der Waals surface area contributed by atoms with Gasteiger partial charge >= 0.3 is 0 Å². The lowest BCUT2D eigenvalue weighted by Gasteiger charge is -2.52. The van der Waals surface area contributed by atoms with E-state index in [1.54, 1.807) is 0 Å². The first-order chi connectivity index (χ1) is 12.7. The van der Waals surface area contributed by atoms with Gasteiger partial charge in [0.25, 0.3) is 5.91 Å². The average molecular weight is 349 g/mol. The number of amides is 1. The summed E-state index contributed by atoms with van der Waals surface area (Å²) < 4.78 is 0. The van der Waals surface area contributed by atoms with Crippen LogP contribution in [0.3, 0.4) is 0 Å². The van der Waals surface area contributed by atoms with Crippen LogP contribution in [0.4, 0.5) is 0 Å². The Kier molecular flexibility index (Phi) is 4.82. The van der Waals surface area contributed by atoms with Crippen molar-refractivity contribution in [1.29, 1.82) is 0 Å². The zero-order chi connectivity index (χ0) is 18.0. The zero-order valence-corrected chi connectivity index (χ0v) is 15.2. The second kappa shape index (κ2) is 7.24. The second-order valence-electron chi connectivity index (χ2n) is 7.84. The van der Waals surface area contributed by atoms with Crippen LogP contribution in [0.1, 0.15) is 48.0 Å². The molecular formula is C23H27NO2. The van der Waals surface area contributed by atoms with Crippen LogP contribution in [0.15, 0.2) is 60.7 Å². The normalized spacial score (nSPS) is 28.4. The van der Waals surface area contributed by atoms with Gasteiger partial charge in [0, 0.05) is 30.5 Å². The van der Waals surface area contributed by atoms with Gasteiger partial charge in [-0.25, -0.2) is 0 Å². The van der Waals surface area contributed by atoms with Gasteiger partial charge in [0.15, 0.2) is 0 Å². The lowest BCUT2D eigenvalue weighted by atomic mass is 9.67. The number of piperidine rings is 1. The molecular weight excluding hydrogens is 322 g/mol. The third-order valence-corrected chi connectivity index (χ3v) is 6.24. The van der Waals surface area contributed by atoms with Crippen LogP contribution in [0, 0.1) is 5.92 Å². The van der Waals surface area contributed by atoms with Crippen molar-refractivity contribution in [1.82, 2.24) is 4.90 Å². The van der Waals surface area contributed by atoms with E-state index in [1.165, 1.54) is 5.56 Å². The summed E-state index contributed by atoms with van der Waals surface area (Å²) in [6.07, 6.45) is 5.63. The molecule has 0 aromatic heterocycles. The van der Waals surface area contributed by atoms with Gasteiger partial charge in [-0.3, -0.25) is 4.79 Å². The zero-order valence-electron chi connectivity index (χ0n) is 15.2. The Labute approximate surface area is 155 Å². The minimum absolute atomic E-state index is 0.115. The summed E-state index contributed by atoms with van der Waals surface area (Å²) in [6, 6.07) is 20.0. The molecule has 0 radical (unpaired) electrons. The number of hydrogen-bond acceptors (Lipinski definition) is 2. The predicted molar refractivity (Wildman–Crippen MR) is 103 cm³/mol. The van der Waals surface area contributed by atoms with Gasteiger partial charge in [-0.15, -0.1) is 0 Å². The summed E-state index contributed by atoms with van der Waals surface area (Å²) in [5.74, 6) is 0.280. The maximum Gasteiger partial charge on any atom is 0.254 e. The molecule has 2 aromatic carbocycles. The van der Waals surface area contributed by atoms with Crippen LogP contribution >= 0.6 is 0 Å². The van der Waals surface area contributed by atoms with Gasteiger partial charge in [-0.1, -0.05) is 61.4 Å². The maximum atomic E-state index is 13.1. The summed E-state index contributed by atoms with van der Waals surface area (Å²) in [5, 5.41) is 11.6. The van der Waals surface area contributed by atoms with Crippen LogP contribution in [-0.2, 0) is 6.42 Å². The van der Waals surface area contributed by atoms with Crippen molar-refractivity contribution in [2.24, 2.45) is 5.92 Å². The van der Waals surface area contributed by atoms with Crippen molar-refractivity contribution in [3.8, 4) is 0 Å². The molecule has 1 saturated carbocycles. The SMILES string of the molecule is O=C(c1ccccc1)N1CCC(O)(Cc2ccccc2)[C@H]2CCCC[C@@H]21. The Balaban J connectivity index is 1.58. The van der Waals surface area contributed by atoms with E-state index in [-0.39, 0.29) is 17.9 Å². The lowest BCUT2D eigenvalue weighted by molar-refractivity contribution is -0.104. The standard InChI is InChI=1S/C23H27NO2/c25-22(19-11-5-2-6-12-19)24-16-15-23(26,17-18-9-3-1-4-10-18)20-13-7-8-14-21(20)24/h1-6,9-12,20-21,26H,7-8,13-17H2/t20-,21-,23?/m0/s1. The molecule has 0 spiro atoms. The van der Waals surface area contributed by atoms with Crippen LogP contribution < -0.4 is 0 Å². The number of benzene rings is 2. The van der Waals surface area contributed by atoms with E-state index in [2.05, 4.69) is 12.1 Å². The largest absolute Gasteiger partial charge is 0.389 e. The van der Waals surface area contributed by atoms with Crippen molar-refractivity contribution in [3.63, 3.8) is 0 Å². The number of carbonyl (C=O) groups is 1. The van der Waals surface area contributed by atoms with E-state index >= 15 is 0 Å². The fourth-order valence-corrected chi connectivity index (χ4v) is 4.94. The average Bonchev–Trinajstić information content (AvgIpc) is 2.69. The first-order valence-electron chi connectivity index (χ1n) is 9.80. The summed E-state index contributed by atoms with van der Waals surface area (Å²) >= 11 is 0. The van der Waals surface area contributed by atoms with Gasteiger partial charge in [0.05, 0.1) is 5.60 Å². The molecule has 2 aliphatic rings. The number of likely N-dealkylation sites (tertiary alicyclic amines) is 1. The molecule has 3 atom stereocenters. The fourth-order valence-electron chi connectivity index (χ4n) is 4.94. The summed E-state index contributed by atoms with van der Waals surface area (Å²) in [4.78, 5) is 15.1. The summed E-state index contributed by atoms with van der Waals surface area (Å²) in [6.45, 7) is 0.637. The second-order valence-corrected chi connectivity index (χ2v) is 7.84. The van der Waals surface area contributed by atoms with Gasteiger partial charge < -0.3 is 10.0 Å². The van der Waals surface area contributed by atoms with Gasteiger partial charge in [0.1, 0.15) is 0 Å². The monoisotopic (exact) mass is 349 g/mol. The van der Waals surface area contributed by atoms with Crippen LogP contribution in [0.25, 0.3) is 0 Å². The molecule has 3 heteroatoms. The lowest BCUT2D eigenvalue weighted by Crippen LogP contribution is -2.61. The molecule has 1 aliphatic heterocycles. The topological polar surface area (TPSA) is 40.5 Å². The molecule has 136 valence electrons. The molecule has 1 N–H and O–H groups in total. The van der Waals surface area contributed by atoms with Gasteiger partial charge in [0.2, 0.25) is 0 Å². The van der Waals surface area contributed by atoms with E-state index in [1.807, 2.05) is 53.4 Å². The first-order valence-corrected chi connectivity index (χ1v) is 9.80. The molecule has 26 heavy (non-hydrogen) atoms. The minimum Gasteiger partial charge on any atom is -0.389 e. The number of rotatable bonds is 3. The van der Waals surface area contributed by atoms with Crippen molar-refractivity contribution in [3.05, 3.63) is 71.8 Å². The van der Waals surface area contributed by atoms with Crippen molar-refractivity contribution in [2.75, 3.05) is 6.54 Å². The van der Waals surface area contributed by atoms with Crippen LogP contribution in [0.5, 0.6) is 0 Å². The number of aliphatic hydroxyl groups is 1. The number of hydrogen-bond donors (Lipinski definition) is 1. The Morgan fingerprint density at radius 3 is 2.38 bits per heavy atom. The summed E-state index contributed by atoms with van der Waals surface area (Å²) in [7, 11) is 0. The van der Waals surface area contributed by atoms with Crippen molar-refractivity contribution >= 4 is 5.91 Å². The molecule has 3 nitrogen and oxygen atoms in total. The van der Waals surface area contributed by atoms with Crippen molar-refractivity contribution in [2.45, 2.75) is 50.2 Å². The molecule has 1 heterocycles.